The predicted octanol–water partition coefficient (Wildman–Crippen LogP) is 1.71. The summed E-state index contributed by atoms with van der Waals surface area (Å²) in [7, 11) is 0. The number of nitrogens with one attached hydrogen (secondary N) is 1. The molecule has 0 aliphatic rings. The Bertz CT molecular complexity index is 519. The normalized spacial score (nSPS) is 10.5. The molecule has 0 bridgehead atoms. The summed E-state index contributed by atoms with van der Waals surface area (Å²) in [5.41, 5.74) is 0.546. The molecule has 0 saturated carbocycles. The van der Waals surface area contributed by atoms with Crippen molar-refractivity contribution < 1.29 is 4.74 Å². The van der Waals surface area contributed by atoms with Gasteiger partial charge in [0.25, 0.3) is 5.56 Å². The van der Waals surface area contributed by atoms with E-state index in [1.54, 1.807) is 24.5 Å². The van der Waals surface area contributed by atoms with E-state index in [-0.39, 0.29) is 5.56 Å². The fourth-order valence-electron chi connectivity index (χ4n) is 1.34. The lowest BCUT2D eigenvalue weighted by Gasteiger charge is -2.04. The molecule has 0 spiro atoms. The van der Waals surface area contributed by atoms with Gasteiger partial charge in [0.15, 0.2) is 0 Å². The summed E-state index contributed by atoms with van der Waals surface area (Å²) in [6.45, 7) is 2.67. The van der Waals surface area contributed by atoms with Crippen LogP contribution in [-0.4, -0.2) is 16.6 Å². The fraction of sp³-hybridized carbons (Fsp3) is 0.273. The maximum Gasteiger partial charge on any atom is 0.257 e. The molecule has 4 nitrogen and oxygen atoms in total. The number of rotatable bonds is 3. The van der Waals surface area contributed by atoms with Crippen LogP contribution in [0.3, 0.4) is 0 Å². The molecule has 0 amide bonds. The van der Waals surface area contributed by atoms with Gasteiger partial charge in [-0.15, -0.1) is 0 Å². The van der Waals surface area contributed by atoms with Gasteiger partial charge in [0.05, 0.1) is 23.7 Å². The lowest BCUT2D eigenvalue weighted by molar-refractivity contribution is 0.317. The zero-order valence-corrected chi connectivity index (χ0v) is 8.49. The maximum atomic E-state index is 11.5. The van der Waals surface area contributed by atoms with Crippen LogP contribution in [0.15, 0.2) is 29.3 Å². The van der Waals surface area contributed by atoms with Gasteiger partial charge in [0.1, 0.15) is 5.75 Å². The molecule has 2 aromatic rings. The van der Waals surface area contributed by atoms with E-state index in [0.717, 1.165) is 6.42 Å². The molecular weight excluding hydrogens is 192 g/mol. The minimum atomic E-state index is -0.137. The van der Waals surface area contributed by atoms with Crippen LogP contribution < -0.4 is 10.3 Å². The molecule has 2 heterocycles. The van der Waals surface area contributed by atoms with E-state index in [1.807, 2.05) is 6.92 Å². The Kier molecular flexibility index (Phi) is 2.67. The summed E-state index contributed by atoms with van der Waals surface area (Å²) in [4.78, 5) is 18.2. The molecule has 2 aromatic heterocycles. The van der Waals surface area contributed by atoms with E-state index in [4.69, 9.17) is 4.74 Å². The third-order valence-electron chi connectivity index (χ3n) is 2.07. The zero-order valence-electron chi connectivity index (χ0n) is 8.49. The van der Waals surface area contributed by atoms with Gasteiger partial charge in [-0.05, 0) is 18.6 Å². The van der Waals surface area contributed by atoms with Crippen LogP contribution in [0.1, 0.15) is 13.3 Å². The first-order valence-corrected chi connectivity index (χ1v) is 4.91. The van der Waals surface area contributed by atoms with Crippen molar-refractivity contribution in [2.24, 2.45) is 0 Å². The second kappa shape index (κ2) is 4.13. The second-order valence-electron chi connectivity index (χ2n) is 3.26. The van der Waals surface area contributed by atoms with Crippen molar-refractivity contribution in [1.82, 2.24) is 9.97 Å². The Morgan fingerprint density at radius 3 is 3.20 bits per heavy atom. The van der Waals surface area contributed by atoms with Gasteiger partial charge in [0, 0.05) is 6.20 Å². The van der Waals surface area contributed by atoms with Gasteiger partial charge in [-0.25, -0.2) is 0 Å². The Morgan fingerprint density at radius 2 is 2.40 bits per heavy atom. The summed E-state index contributed by atoms with van der Waals surface area (Å²) in [6.07, 6.45) is 4.16. The molecule has 0 aliphatic heterocycles. The second-order valence-corrected chi connectivity index (χ2v) is 3.26. The topological polar surface area (TPSA) is 55.0 Å². The minimum absolute atomic E-state index is 0.137. The summed E-state index contributed by atoms with van der Waals surface area (Å²) in [5.74, 6) is 0.640. The highest BCUT2D eigenvalue weighted by molar-refractivity contribution is 5.78. The summed E-state index contributed by atoms with van der Waals surface area (Å²) in [6, 6.07) is 3.48. The summed E-state index contributed by atoms with van der Waals surface area (Å²) < 4.78 is 5.40. The van der Waals surface area contributed by atoms with E-state index in [1.165, 1.54) is 0 Å². The van der Waals surface area contributed by atoms with Crippen molar-refractivity contribution in [1.29, 1.82) is 0 Å². The number of nitrogens with zero attached hydrogens (tertiary/aromatic N) is 1. The molecule has 0 aromatic carbocycles. The first kappa shape index (κ1) is 9.71. The third-order valence-corrected chi connectivity index (χ3v) is 2.07. The Balaban J connectivity index is 2.45. The number of aromatic nitrogens is 2. The SMILES string of the molecule is CCCOc1cnc2cc[nH]c(=O)c2c1. The number of hydrogen-bond acceptors (Lipinski definition) is 3. The van der Waals surface area contributed by atoms with Gasteiger partial charge in [0.2, 0.25) is 0 Å². The Morgan fingerprint density at radius 1 is 1.53 bits per heavy atom. The molecule has 0 aliphatic carbocycles. The number of aromatic amines is 1. The molecule has 0 unspecified atom stereocenters. The average Bonchev–Trinajstić information content (AvgIpc) is 2.27. The predicted molar refractivity (Wildman–Crippen MR) is 58.1 cm³/mol. The van der Waals surface area contributed by atoms with Crippen LogP contribution in [0.4, 0.5) is 0 Å². The van der Waals surface area contributed by atoms with Crippen LogP contribution in [0.5, 0.6) is 5.75 Å². The number of pyridine rings is 2. The largest absolute Gasteiger partial charge is 0.492 e. The molecule has 15 heavy (non-hydrogen) atoms. The smallest absolute Gasteiger partial charge is 0.257 e. The standard InChI is InChI=1S/C11H12N2O2/c1-2-5-15-8-6-9-10(13-7-8)3-4-12-11(9)14/h3-4,6-7H,2,5H2,1H3,(H,12,14). The molecule has 1 N–H and O–H groups in total. The van der Waals surface area contributed by atoms with Gasteiger partial charge < -0.3 is 9.72 Å². The lowest BCUT2D eigenvalue weighted by Crippen LogP contribution is -2.05. The number of ether oxygens (including phenoxy) is 1. The third kappa shape index (κ3) is 1.98. The summed E-state index contributed by atoms with van der Waals surface area (Å²) >= 11 is 0. The molecule has 0 radical (unpaired) electrons. The highest BCUT2D eigenvalue weighted by atomic mass is 16.5. The molecule has 2 rings (SSSR count). The molecule has 4 heteroatoms. The van der Waals surface area contributed by atoms with E-state index in [9.17, 15) is 4.79 Å². The van der Waals surface area contributed by atoms with Gasteiger partial charge in [-0.2, -0.15) is 0 Å². The highest BCUT2D eigenvalue weighted by Crippen LogP contribution is 2.14. The number of H-pyrrole nitrogens is 1. The number of hydrogen-bond donors (Lipinski definition) is 1. The monoisotopic (exact) mass is 204 g/mol. The highest BCUT2D eigenvalue weighted by Gasteiger charge is 2.01. The van der Waals surface area contributed by atoms with Crippen molar-refractivity contribution in [3.05, 3.63) is 34.9 Å². The van der Waals surface area contributed by atoms with Crippen molar-refractivity contribution >= 4 is 10.9 Å². The van der Waals surface area contributed by atoms with Gasteiger partial charge in [-0.1, -0.05) is 6.92 Å². The van der Waals surface area contributed by atoms with E-state index >= 15 is 0 Å². The first-order valence-electron chi connectivity index (χ1n) is 4.91. The van der Waals surface area contributed by atoms with Crippen molar-refractivity contribution in [2.45, 2.75) is 13.3 Å². The van der Waals surface area contributed by atoms with Crippen molar-refractivity contribution in [3.8, 4) is 5.75 Å². The average molecular weight is 204 g/mol. The molecule has 0 saturated heterocycles. The van der Waals surface area contributed by atoms with Crippen LogP contribution >= 0.6 is 0 Å². The van der Waals surface area contributed by atoms with Gasteiger partial charge in [-0.3, -0.25) is 9.78 Å². The molecular formula is C11H12N2O2. The van der Waals surface area contributed by atoms with E-state index in [0.29, 0.717) is 23.3 Å². The fourth-order valence-corrected chi connectivity index (χ4v) is 1.34. The van der Waals surface area contributed by atoms with Crippen LogP contribution in [0.2, 0.25) is 0 Å². The van der Waals surface area contributed by atoms with Gasteiger partial charge >= 0.3 is 0 Å². The maximum absolute atomic E-state index is 11.5. The van der Waals surface area contributed by atoms with E-state index in [2.05, 4.69) is 9.97 Å². The Labute approximate surface area is 86.9 Å². The van der Waals surface area contributed by atoms with Crippen LogP contribution in [0.25, 0.3) is 10.9 Å². The van der Waals surface area contributed by atoms with Crippen molar-refractivity contribution in [3.63, 3.8) is 0 Å². The quantitative estimate of drug-likeness (QED) is 0.828. The lowest BCUT2D eigenvalue weighted by atomic mass is 10.2. The minimum Gasteiger partial charge on any atom is -0.492 e. The molecule has 78 valence electrons. The molecule has 0 fully saturated rings. The van der Waals surface area contributed by atoms with Crippen LogP contribution in [-0.2, 0) is 0 Å². The number of fused-ring (bicyclic) bond motifs is 1. The zero-order chi connectivity index (χ0) is 10.7. The van der Waals surface area contributed by atoms with Crippen LogP contribution in [0, 0.1) is 0 Å². The first-order chi connectivity index (χ1) is 7.31. The van der Waals surface area contributed by atoms with E-state index < -0.39 is 0 Å². The Hall–Kier alpha value is -1.84. The molecule has 0 atom stereocenters. The summed E-state index contributed by atoms with van der Waals surface area (Å²) in [5, 5.41) is 0.561. The van der Waals surface area contributed by atoms with Crippen molar-refractivity contribution in [2.75, 3.05) is 6.61 Å².